The molecular weight excluding hydrogens is 296 g/mol. The van der Waals surface area contributed by atoms with Crippen LogP contribution in [0.4, 0.5) is 0 Å². The molecule has 2 fully saturated rings. The third kappa shape index (κ3) is 7.16. The second-order valence-electron chi connectivity index (χ2n) is 5.50. The molecule has 2 unspecified atom stereocenters. The topological polar surface area (TPSA) is 50.4 Å². The molecule has 0 aromatic carbocycles. The summed E-state index contributed by atoms with van der Waals surface area (Å²) < 4.78 is 5.65. The highest BCUT2D eigenvalue weighted by Gasteiger charge is 2.15. The van der Waals surface area contributed by atoms with Gasteiger partial charge in [0.2, 0.25) is 5.91 Å². The highest BCUT2D eigenvalue weighted by Crippen LogP contribution is 2.17. The lowest BCUT2D eigenvalue weighted by atomic mass is 10.1. The van der Waals surface area contributed by atoms with Gasteiger partial charge in [-0.15, -0.1) is 24.2 Å². The highest BCUT2D eigenvalue weighted by atomic mass is 35.5. The normalized spacial score (nSPS) is 26.0. The van der Waals surface area contributed by atoms with Gasteiger partial charge >= 0.3 is 0 Å². The van der Waals surface area contributed by atoms with Gasteiger partial charge in [0, 0.05) is 18.9 Å². The maximum absolute atomic E-state index is 11.7. The summed E-state index contributed by atoms with van der Waals surface area (Å²) >= 11 is 1.70. The molecule has 20 heavy (non-hydrogen) atoms. The first-order chi connectivity index (χ1) is 9.34. The van der Waals surface area contributed by atoms with E-state index in [4.69, 9.17) is 4.74 Å². The summed E-state index contributed by atoms with van der Waals surface area (Å²) in [6, 6.07) is 0. The van der Waals surface area contributed by atoms with E-state index in [1.165, 1.54) is 19.3 Å². The zero-order valence-electron chi connectivity index (χ0n) is 12.1. The molecule has 0 saturated carbocycles. The SMILES string of the molecule is Cl.O=C(CSCC1CCCCO1)NCCC1CCNC1. The van der Waals surface area contributed by atoms with Gasteiger partial charge in [-0.05, 0) is 51.1 Å². The van der Waals surface area contributed by atoms with Gasteiger partial charge in [-0.25, -0.2) is 0 Å². The number of rotatable bonds is 7. The van der Waals surface area contributed by atoms with Gasteiger partial charge in [-0.1, -0.05) is 0 Å². The van der Waals surface area contributed by atoms with E-state index in [0.717, 1.165) is 50.8 Å². The van der Waals surface area contributed by atoms with Crippen molar-refractivity contribution < 1.29 is 9.53 Å². The molecule has 2 N–H and O–H groups in total. The van der Waals surface area contributed by atoms with Crippen LogP contribution in [0.1, 0.15) is 32.1 Å². The molecule has 0 aliphatic carbocycles. The lowest BCUT2D eigenvalue weighted by Gasteiger charge is -2.21. The van der Waals surface area contributed by atoms with E-state index in [1.807, 2.05) is 0 Å². The standard InChI is InChI=1S/C14H26N2O2S.ClH/c17-14(16-7-5-12-4-6-15-9-12)11-19-10-13-3-1-2-8-18-13;/h12-13,15H,1-11H2,(H,16,17);1H. The average Bonchev–Trinajstić information content (AvgIpc) is 2.93. The zero-order chi connectivity index (χ0) is 13.3. The quantitative estimate of drug-likeness (QED) is 0.751. The second-order valence-corrected chi connectivity index (χ2v) is 6.53. The molecule has 2 atom stereocenters. The van der Waals surface area contributed by atoms with Crippen molar-refractivity contribution in [1.82, 2.24) is 10.6 Å². The van der Waals surface area contributed by atoms with Crippen LogP contribution >= 0.6 is 24.2 Å². The van der Waals surface area contributed by atoms with Gasteiger partial charge in [0.15, 0.2) is 0 Å². The van der Waals surface area contributed by atoms with E-state index in [9.17, 15) is 4.79 Å². The van der Waals surface area contributed by atoms with Crippen LogP contribution in [0.15, 0.2) is 0 Å². The molecule has 2 saturated heterocycles. The highest BCUT2D eigenvalue weighted by molar-refractivity contribution is 7.99. The van der Waals surface area contributed by atoms with Crippen molar-refractivity contribution in [2.75, 3.05) is 37.7 Å². The molecule has 0 aromatic heterocycles. The Bertz CT molecular complexity index is 270. The Labute approximate surface area is 132 Å². The Morgan fingerprint density at radius 2 is 2.25 bits per heavy atom. The first-order valence-corrected chi connectivity index (χ1v) is 8.67. The molecule has 0 radical (unpaired) electrons. The number of hydrogen-bond donors (Lipinski definition) is 2. The molecule has 1 amide bonds. The molecule has 2 aliphatic rings. The second kappa shape index (κ2) is 10.7. The number of carbonyl (C=O) groups excluding carboxylic acids is 1. The van der Waals surface area contributed by atoms with Crippen molar-refractivity contribution >= 4 is 30.1 Å². The number of ether oxygens (including phenoxy) is 1. The summed E-state index contributed by atoms with van der Waals surface area (Å²) in [6.07, 6.45) is 6.35. The van der Waals surface area contributed by atoms with Crippen molar-refractivity contribution in [2.24, 2.45) is 5.92 Å². The van der Waals surface area contributed by atoms with Crippen LogP contribution in [0.25, 0.3) is 0 Å². The minimum Gasteiger partial charge on any atom is -0.377 e. The third-order valence-electron chi connectivity index (χ3n) is 3.85. The van der Waals surface area contributed by atoms with Gasteiger partial charge in [0.1, 0.15) is 0 Å². The lowest BCUT2D eigenvalue weighted by Crippen LogP contribution is -2.29. The van der Waals surface area contributed by atoms with Gasteiger partial charge < -0.3 is 15.4 Å². The minimum atomic E-state index is 0. The Balaban J connectivity index is 0.00000200. The van der Waals surface area contributed by atoms with E-state index >= 15 is 0 Å². The Morgan fingerprint density at radius 1 is 1.35 bits per heavy atom. The van der Waals surface area contributed by atoms with Crippen molar-refractivity contribution in [3.8, 4) is 0 Å². The fourth-order valence-corrected chi connectivity index (χ4v) is 3.58. The van der Waals surface area contributed by atoms with Crippen molar-refractivity contribution in [2.45, 2.75) is 38.2 Å². The molecule has 4 nitrogen and oxygen atoms in total. The van der Waals surface area contributed by atoms with Gasteiger partial charge in [-0.2, -0.15) is 0 Å². The molecule has 0 bridgehead atoms. The molecule has 6 heteroatoms. The summed E-state index contributed by atoms with van der Waals surface area (Å²) in [6.45, 7) is 3.97. The number of amides is 1. The van der Waals surface area contributed by atoms with Crippen LogP contribution in [0.5, 0.6) is 0 Å². The van der Waals surface area contributed by atoms with E-state index in [0.29, 0.717) is 11.9 Å². The Kier molecular flexibility index (Phi) is 9.68. The fourth-order valence-electron chi connectivity index (χ4n) is 2.65. The summed E-state index contributed by atoms with van der Waals surface area (Å²) in [7, 11) is 0. The summed E-state index contributed by atoms with van der Waals surface area (Å²) in [5.74, 6) is 2.46. The van der Waals surface area contributed by atoms with Crippen LogP contribution in [0, 0.1) is 5.92 Å². The maximum atomic E-state index is 11.7. The van der Waals surface area contributed by atoms with E-state index in [2.05, 4.69) is 10.6 Å². The first kappa shape index (κ1) is 18.1. The van der Waals surface area contributed by atoms with Gasteiger partial charge in [0.25, 0.3) is 0 Å². The van der Waals surface area contributed by atoms with Crippen molar-refractivity contribution in [3.05, 3.63) is 0 Å². The monoisotopic (exact) mass is 322 g/mol. The van der Waals surface area contributed by atoms with Crippen LogP contribution < -0.4 is 10.6 Å². The first-order valence-electron chi connectivity index (χ1n) is 7.51. The summed E-state index contributed by atoms with van der Waals surface area (Å²) in [5.41, 5.74) is 0. The van der Waals surface area contributed by atoms with Crippen LogP contribution in [0.3, 0.4) is 0 Å². The average molecular weight is 323 g/mol. The van der Waals surface area contributed by atoms with Gasteiger partial charge in [0.05, 0.1) is 11.9 Å². The minimum absolute atomic E-state index is 0. The van der Waals surface area contributed by atoms with E-state index in [-0.39, 0.29) is 18.3 Å². The molecular formula is C14H27ClN2O2S. The van der Waals surface area contributed by atoms with Crippen molar-refractivity contribution in [3.63, 3.8) is 0 Å². The molecule has 2 aliphatic heterocycles. The van der Waals surface area contributed by atoms with Gasteiger partial charge in [-0.3, -0.25) is 4.79 Å². The molecule has 2 rings (SSSR count). The number of halogens is 1. The number of hydrogen-bond acceptors (Lipinski definition) is 4. The third-order valence-corrected chi connectivity index (χ3v) is 4.92. The summed E-state index contributed by atoms with van der Waals surface area (Å²) in [4.78, 5) is 11.7. The summed E-state index contributed by atoms with van der Waals surface area (Å²) in [5, 5.41) is 6.37. The maximum Gasteiger partial charge on any atom is 0.229 e. The molecule has 2 heterocycles. The zero-order valence-corrected chi connectivity index (χ0v) is 13.7. The smallest absolute Gasteiger partial charge is 0.229 e. The van der Waals surface area contributed by atoms with Crippen LogP contribution in [-0.4, -0.2) is 49.8 Å². The van der Waals surface area contributed by atoms with Crippen LogP contribution in [-0.2, 0) is 9.53 Å². The Morgan fingerprint density at radius 3 is 2.95 bits per heavy atom. The number of carbonyl (C=O) groups is 1. The fraction of sp³-hybridized carbons (Fsp3) is 0.929. The predicted octanol–water partition coefficient (Wildman–Crippen LogP) is 1.83. The van der Waals surface area contributed by atoms with E-state index in [1.54, 1.807) is 11.8 Å². The number of nitrogens with one attached hydrogen (secondary N) is 2. The number of thioether (sulfide) groups is 1. The molecule has 0 aromatic rings. The molecule has 0 spiro atoms. The predicted molar refractivity (Wildman–Crippen MR) is 86.8 cm³/mol. The Hall–Kier alpha value is 0.0300. The van der Waals surface area contributed by atoms with Crippen molar-refractivity contribution in [1.29, 1.82) is 0 Å². The lowest BCUT2D eigenvalue weighted by molar-refractivity contribution is -0.118. The van der Waals surface area contributed by atoms with Crippen LogP contribution in [0.2, 0.25) is 0 Å². The largest absolute Gasteiger partial charge is 0.377 e. The van der Waals surface area contributed by atoms with E-state index < -0.39 is 0 Å². The molecule has 118 valence electrons.